The Hall–Kier alpha value is -0.610. The van der Waals surface area contributed by atoms with Crippen LogP contribution in [0.25, 0.3) is 0 Å². The van der Waals surface area contributed by atoms with E-state index >= 15 is 0 Å². The highest BCUT2D eigenvalue weighted by molar-refractivity contribution is 5.77. The number of likely N-dealkylation sites (tertiary alicyclic amines) is 1. The van der Waals surface area contributed by atoms with E-state index in [0.717, 1.165) is 31.5 Å². The second kappa shape index (κ2) is 7.25. The lowest BCUT2D eigenvalue weighted by Crippen LogP contribution is -2.46. The number of nitrogens with zero attached hydrogens (tertiary/aromatic N) is 1. The second-order valence-electron chi connectivity index (χ2n) is 6.35. The van der Waals surface area contributed by atoms with Crippen LogP contribution in [0, 0.1) is 11.8 Å². The van der Waals surface area contributed by atoms with Gasteiger partial charge in [-0.2, -0.15) is 0 Å². The molecule has 0 bridgehead atoms. The number of hydrogen-bond donors (Lipinski definition) is 1. The summed E-state index contributed by atoms with van der Waals surface area (Å²) in [5, 5.41) is 2.98. The van der Waals surface area contributed by atoms with E-state index in [1.54, 1.807) is 0 Å². The first kappa shape index (κ1) is 14.8. The van der Waals surface area contributed by atoms with E-state index in [0.29, 0.717) is 6.04 Å². The van der Waals surface area contributed by atoms with Gasteiger partial charge in [0.05, 0.1) is 6.61 Å². The number of ether oxygens (including phenoxy) is 1. The van der Waals surface area contributed by atoms with Crippen molar-refractivity contribution in [1.82, 2.24) is 10.2 Å². The topological polar surface area (TPSA) is 41.6 Å². The zero-order valence-electron chi connectivity index (χ0n) is 12.4. The average molecular weight is 268 g/mol. The minimum absolute atomic E-state index is 0.0255. The minimum atomic E-state index is 0.0255. The van der Waals surface area contributed by atoms with Gasteiger partial charge in [-0.05, 0) is 51.0 Å². The summed E-state index contributed by atoms with van der Waals surface area (Å²) in [6, 6.07) is 0.426. The molecule has 1 amide bonds. The van der Waals surface area contributed by atoms with Gasteiger partial charge in [-0.15, -0.1) is 0 Å². The number of amides is 1. The van der Waals surface area contributed by atoms with E-state index in [1.165, 1.54) is 32.2 Å². The molecule has 0 aromatic heterocycles. The Balaban J connectivity index is 1.56. The van der Waals surface area contributed by atoms with Crippen LogP contribution in [0.5, 0.6) is 0 Å². The molecule has 0 aromatic rings. The number of rotatable bonds is 7. The molecule has 110 valence electrons. The van der Waals surface area contributed by atoms with E-state index in [1.807, 2.05) is 0 Å². The van der Waals surface area contributed by atoms with E-state index in [4.69, 9.17) is 4.74 Å². The Bertz CT molecular complexity index is 292. The van der Waals surface area contributed by atoms with Crippen LogP contribution >= 0.6 is 0 Å². The van der Waals surface area contributed by atoms with Crippen molar-refractivity contribution >= 4 is 5.91 Å². The molecule has 1 aliphatic heterocycles. The summed E-state index contributed by atoms with van der Waals surface area (Å²) in [5.41, 5.74) is 0. The van der Waals surface area contributed by atoms with Gasteiger partial charge < -0.3 is 10.1 Å². The van der Waals surface area contributed by atoms with Gasteiger partial charge in [-0.1, -0.05) is 6.92 Å². The molecule has 1 saturated heterocycles. The molecule has 0 radical (unpaired) electrons. The van der Waals surface area contributed by atoms with Crippen molar-refractivity contribution < 1.29 is 9.53 Å². The Morgan fingerprint density at radius 3 is 2.89 bits per heavy atom. The van der Waals surface area contributed by atoms with Gasteiger partial charge in [0.15, 0.2) is 0 Å². The lowest BCUT2D eigenvalue weighted by atomic mass is 9.99. The summed E-state index contributed by atoms with van der Waals surface area (Å²) in [7, 11) is 0. The number of piperidine rings is 1. The zero-order chi connectivity index (χ0) is 13.7. The van der Waals surface area contributed by atoms with Crippen molar-refractivity contribution in [2.24, 2.45) is 11.8 Å². The Morgan fingerprint density at radius 2 is 2.21 bits per heavy atom. The van der Waals surface area contributed by atoms with Crippen LogP contribution in [0.4, 0.5) is 0 Å². The van der Waals surface area contributed by atoms with Crippen LogP contribution in [0.1, 0.15) is 39.5 Å². The lowest BCUT2D eigenvalue weighted by Gasteiger charge is -2.35. The third-order valence-corrected chi connectivity index (χ3v) is 4.19. The van der Waals surface area contributed by atoms with Gasteiger partial charge in [-0.3, -0.25) is 9.69 Å². The van der Waals surface area contributed by atoms with Crippen molar-refractivity contribution in [3.05, 3.63) is 0 Å². The van der Waals surface area contributed by atoms with Crippen LogP contribution in [-0.4, -0.2) is 49.7 Å². The van der Waals surface area contributed by atoms with E-state index < -0.39 is 0 Å². The molecular weight excluding hydrogens is 240 g/mol. The normalized spacial score (nSPS) is 26.1. The molecule has 4 heteroatoms. The maximum Gasteiger partial charge on any atom is 0.246 e. The van der Waals surface area contributed by atoms with Gasteiger partial charge in [0.1, 0.15) is 6.61 Å². The highest BCUT2D eigenvalue weighted by Gasteiger charge is 2.22. The number of hydrogen-bond acceptors (Lipinski definition) is 3. The fraction of sp³-hybridized carbons (Fsp3) is 0.933. The van der Waals surface area contributed by atoms with E-state index in [9.17, 15) is 4.79 Å². The Morgan fingerprint density at radius 1 is 1.42 bits per heavy atom. The van der Waals surface area contributed by atoms with Crippen LogP contribution < -0.4 is 5.32 Å². The molecule has 2 rings (SSSR count). The Labute approximate surface area is 116 Å². The van der Waals surface area contributed by atoms with Crippen LogP contribution in [-0.2, 0) is 9.53 Å². The fourth-order valence-corrected chi connectivity index (χ4v) is 2.67. The summed E-state index contributed by atoms with van der Waals surface area (Å²) >= 11 is 0. The summed E-state index contributed by atoms with van der Waals surface area (Å²) in [6.45, 7) is 8.55. The largest absolute Gasteiger partial charge is 0.371 e. The third kappa shape index (κ3) is 5.49. The van der Waals surface area contributed by atoms with Gasteiger partial charge in [0.2, 0.25) is 5.91 Å². The van der Waals surface area contributed by atoms with Crippen LogP contribution in [0.3, 0.4) is 0 Å². The second-order valence-corrected chi connectivity index (χ2v) is 6.35. The van der Waals surface area contributed by atoms with Crippen molar-refractivity contribution in [2.45, 2.75) is 45.6 Å². The molecule has 2 aliphatic rings. The van der Waals surface area contributed by atoms with Crippen molar-refractivity contribution in [1.29, 1.82) is 0 Å². The first-order chi connectivity index (χ1) is 9.15. The summed E-state index contributed by atoms with van der Waals surface area (Å²) in [4.78, 5) is 14.1. The molecule has 4 nitrogen and oxygen atoms in total. The van der Waals surface area contributed by atoms with Crippen LogP contribution in [0.15, 0.2) is 0 Å². The lowest BCUT2D eigenvalue weighted by molar-refractivity contribution is -0.126. The predicted octanol–water partition coefficient (Wildman–Crippen LogP) is 1.65. The molecule has 0 unspecified atom stereocenters. The predicted molar refractivity (Wildman–Crippen MR) is 76.0 cm³/mol. The summed E-state index contributed by atoms with van der Waals surface area (Å²) in [6.07, 6.45) is 5.16. The minimum Gasteiger partial charge on any atom is -0.371 e. The number of carbonyl (C=O) groups excluding carboxylic acids is 1. The SMILES string of the molecule is C[C@H]1CCCN([C@H](C)CNC(=O)COCC2CC2)C1. The van der Waals surface area contributed by atoms with Crippen molar-refractivity contribution in [3.8, 4) is 0 Å². The van der Waals surface area contributed by atoms with Gasteiger partial charge in [0.25, 0.3) is 0 Å². The molecule has 0 aromatic carbocycles. The molecule has 2 atom stereocenters. The zero-order valence-corrected chi connectivity index (χ0v) is 12.4. The van der Waals surface area contributed by atoms with Crippen LogP contribution in [0.2, 0.25) is 0 Å². The highest BCUT2D eigenvalue weighted by Crippen LogP contribution is 2.28. The fourth-order valence-electron chi connectivity index (χ4n) is 2.67. The molecule has 1 saturated carbocycles. The van der Waals surface area contributed by atoms with E-state index in [2.05, 4.69) is 24.1 Å². The van der Waals surface area contributed by atoms with Gasteiger partial charge in [-0.25, -0.2) is 0 Å². The van der Waals surface area contributed by atoms with Crippen molar-refractivity contribution in [2.75, 3.05) is 32.8 Å². The first-order valence-corrected chi connectivity index (χ1v) is 7.73. The molecule has 2 fully saturated rings. The quantitative estimate of drug-likeness (QED) is 0.763. The van der Waals surface area contributed by atoms with E-state index in [-0.39, 0.29) is 12.5 Å². The molecule has 0 spiro atoms. The molecule has 1 heterocycles. The maximum absolute atomic E-state index is 11.6. The highest BCUT2D eigenvalue weighted by atomic mass is 16.5. The maximum atomic E-state index is 11.6. The smallest absolute Gasteiger partial charge is 0.246 e. The molecular formula is C15H28N2O2. The van der Waals surface area contributed by atoms with Crippen molar-refractivity contribution in [3.63, 3.8) is 0 Å². The number of nitrogens with one attached hydrogen (secondary N) is 1. The summed E-state index contributed by atoms with van der Waals surface area (Å²) in [5.74, 6) is 1.54. The average Bonchev–Trinajstić information content (AvgIpc) is 3.20. The molecule has 1 aliphatic carbocycles. The summed E-state index contributed by atoms with van der Waals surface area (Å²) < 4.78 is 5.39. The standard InChI is InChI=1S/C15H28N2O2/c1-12-4-3-7-17(9-12)13(2)8-16-15(18)11-19-10-14-5-6-14/h12-14H,3-11H2,1-2H3,(H,16,18)/t12-,13+/m0/s1. The Kier molecular flexibility index (Phi) is 5.64. The molecule has 19 heavy (non-hydrogen) atoms. The molecule has 1 N–H and O–H groups in total. The monoisotopic (exact) mass is 268 g/mol. The van der Waals surface area contributed by atoms with Gasteiger partial charge >= 0.3 is 0 Å². The van der Waals surface area contributed by atoms with Gasteiger partial charge in [0, 0.05) is 19.1 Å². The number of carbonyl (C=O) groups is 1. The first-order valence-electron chi connectivity index (χ1n) is 7.73. The third-order valence-electron chi connectivity index (χ3n) is 4.19.